The first-order valence-electron chi connectivity index (χ1n) is 8.94. The molecule has 2 aliphatic rings. The summed E-state index contributed by atoms with van der Waals surface area (Å²) in [6.45, 7) is 3.73. The molecule has 1 saturated heterocycles. The highest BCUT2D eigenvalue weighted by molar-refractivity contribution is 6.13. The number of ether oxygens (including phenoxy) is 1. The molecule has 1 aromatic heterocycles. The number of benzene rings is 1. The molecule has 0 spiro atoms. The molecule has 1 aromatic carbocycles. The van der Waals surface area contributed by atoms with E-state index in [4.69, 9.17) is 21.6 Å². The molecule has 1 saturated carbocycles. The first kappa shape index (κ1) is 16.8. The van der Waals surface area contributed by atoms with Crippen LogP contribution in [0.15, 0.2) is 30.6 Å². The molecule has 5 N–H and O–H groups in total. The smallest absolute Gasteiger partial charge is 0.132 e. The maximum atomic E-state index is 8.59. The lowest BCUT2D eigenvalue weighted by atomic mass is 10.0. The highest BCUT2D eigenvalue weighted by atomic mass is 16.5. The fraction of sp³-hybridized carbons (Fsp3) is 0.421. The van der Waals surface area contributed by atoms with Crippen molar-refractivity contribution in [2.24, 2.45) is 5.73 Å². The summed E-state index contributed by atoms with van der Waals surface area (Å²) < 4.78 is 6.00. The monoisotopic (exact) mass is 352 g/mol. The summed E-state index contributed by atoms with van der Waals surface area (Å²) >= 11 is 0. The third-order valence-corrected chi connectivity index (χ3v) is 5.07. The Morgan fingerprint density at radius 3 is 2.81 bits per heavy atom. The molecule has 2 aromatic rings. The number of hydrogen-bond donors (Lipinski definition) is 3. The summed E-state index contributed by atoms with van der Waals surface area (Å²) in [5.41, 5.74) is 14.0. The Morgan fingerprint density at radius 1 is 1.31 bits per heavy atom. The Morgan fingerprint density at radius 2 is 2.12 bits per heavy atom. The van der Waals surface area contributed by atoms with Gasteiger partial charge >= 0.3 is 0 Å². The van der Waals surface area contributed by atoms with Gasteiger partial charge in [-0.15, -0.1) is 0 Å². The summed E-state index contributed by atoms with van der Waals surface area (Å²) in [5.74, 6) is 1.53. The van der Waals surface area contributed by atoms with Gasteiger partial charge in [-0.05, 0) is 44.4 Å². The van der Waals surface area contributed by atoms with Crippen LogP contribution in [0, 0.1) is 5.41 Å². The van der Waals surface area contributed by atoms with E-state index in [0.717, 1.165) is 43.9 Å². The van der Waals surface area contributed by atoms with Crippen molar-refractivity contribution in [3.8, 4) is 5.75 Å². The van der Waals surface area contributed by atoms with Crippen LogP contribution in [-0.4, -0.2) is 40.4 Å². The van der Waals surface area contributed by atoms with Crippen LogP contribution < -0.4 is 21.1 Å². The third-order valence-electron chi connectivity index (χ3n) is 5.07. The molecule has 4 rings (SSSR count). The molecule has 136 valence electrons. The zero-order valence-electron chi connectivity index (χ0n) is 14.9. The van der Waals surface area contributed by atoms with Gasteiger partial charge in [0.15, 0.2) is 0 Å². The third kappa shape index (κ3) is 3.35. The summed E-state index contributed by atoms with van der Waals surface area (Å²) in [5, 5.41) is 8.59. The largest absolute Gasteiger partial charge is 0.488 e. The van der Waals surface area contributed by atoms with Crippen molar-refractivity contribution in [1.82, 2.24) is 9.97 Å². The van der Waals surface area contributed by atoms with E-state index in [1.54, 1.807) is 6.07 Å². The lowest BCUT2D eigenvalue weighted by molar-refractivity contribution is 0.200. The Bertz CT molecular complexity index is 848. The second kappa shape index (κ2) is 6.25. The Labute approximate surface area is 152 Å². The van der Waals surface area contributed by atoms with E-state index in [0.29, 0.717) is 16.9 Å². The molecule has 0 radical (unpaired) electrons. The van der Waals surface area contributed by atoms with Crippen molar-refractivity contribution in [2.75, 3.05) is 23.7 Å². The second-order valence-electron chi connectivity index (χ2n) is 7.43. The molecular formula is C19H24N6O. The Hall–Kier alpha value is -2.67. The molecule has 2 fully saturated rings. The molecule has 7 nitrogen and oxygen atoms in total. The van der Waals surface area contributed by atoms with Crippen LogP contribution in [0.3, 0.4) is 0 Å². The molecule has 1 atom stereocenters. The first-order valence-corrected chi connectivity index (χ1v) is 8.94. The molecule has 0 amide bonds. The predicted molar refractivity (Wildman–Crippen MR) is 102 cm³/mol. The van der Waals surface area contributed by atoms with Crippen molar-refractivity contribution in [2.45, 2.75) is 37.8 Å². The number of nitrogens with one attached hydrogen (secondary N) is 1. The van der Waals surface area contributed by atoms with E-state index in [-0.39, 0.29) is 17.4 Å². The van der Waals surface area contributed by atoms with Gasteiger partial charge in [-0.3, -0.25) is 5.41 Å². The number of nitrogens with zero attached hydrogens (tertiary/aromatic N) is 3. The van der Waals surface area contributed by atoms with E-state index in [2.05, 4.69) is 21.8 Å². The van der Waals surface area contributed by atoms with Crippen molar-refractivity contribution >= 4 is 17.2 Å². The zero-order chi connectivity index (χ0) is 18.3. The van der Waals surface area contributed by atoms with Crippen LogP contribution in [-0.2, 0) is 0 Å². The SMILES string of the molecule is CC1(Oc2ccc(N)c(C(=N)c3cc(N4CC[C@H](N)C4)ncn3)c2)CC1. The number of aromatic nitrogens is 2. The van der Waals surface area contributed by atoms with Crippen LogP contribution >= 0.6 is 0 Å². The topological polar surface area (TPSA) is 114 Å². The number of hydrogen-bond acceptors (Lipinski definition) is 7. The second-order valence-corrected chi connectivity index (χ2v) is 7.43. The fourth-order valence-corrected chi connectivity index (χ4v) is 3.17. The lowest BCUT2D eigenvalue weighted by Crippen LogP contribution is -2.27. The van der Waals surface area contributed by atoms with Gasteiger partial charge in [0.05, 0.1) is 11.4 Å². The number of nitrogens with two attached hydrogens (primary N) is 2. The molecule has 1 aliphatic carbocycles. The quantitative estimate of drug-likeness (QED) is 0.560. The fourth-order valence-electron chi connectivity index (χ4n) is 3.17. The van der Waals surface area contributed by atoms with Gasteiger partial charge in [-0.1, -0.05) is 0 Å². The molecule has 0 bridgehead atoms. The molecule has 26 heavy (non-hydrogen) atoms. The molecule has 2 heterocycles. The van der Waals surface area contributed by atoms with Gasteiger partial charge in [-0.2, -0.15) is 0 Å². The molecular weight excluding hydrogens is 328 g/mol. The highest BCUT2D eigenvalue weighted by Crippen LogP contribution is 2.40. The van der Waals surface area contributed by atoms with Crippen molar-refractivity contribution in [3.63, 3.8) is 0 Å². The maximum absolute atomic E-state index is 8.59. The Balaban J connectivity index is 1.60. The van der Waals surface area contributed by atoms with Crippen LogP contribution in [0.5, 0.6) is 5.75 Å². The van der Waals surface area contributed by atoms with Gasteiger partial charge in [0, 0.05) is 36.4 Å². The van der Waals surface area contributed by atoms with Gasteiger partial charge in [-0.25, -0.2) is 9.97 Å². The number of anilines is 2. The average Bonchev–Trinajstić information content (AvgIpc) is 3.19. The highest BCUT2D eigenvalue weighted by Gasteiger charge is 2.40. The van der Waals surface area contributed by atoms with Crippen molar-refractivity contribution < 1.29 is 4.74 Å². The molecule has 0 unspecified atom stereocenters. The normalized spacial score (nSPS) is 20.8. The van der Waals surface area contributed by atoms with Crippen LogP contribution in [0.4, 0.5) is 11.5 Å². The van der Waals surface area contributed by atoms with Gasteiger partial charge in [0.25, 0.3) is 0 Å². The van der Waals surface area contributed by atoms with Crippen molar-refractivity contribution in [1.29, 1.82) is 5.41 Å². The van der Waals surface area contributed by atoms with Crippen LogP contribution in [0.1, 0.15) is 37.4 Å². The minimum atomic E-state index is -0.0772. The summed E-state index contributed by atoms with van der Waals surface area (Å²) in [7, 11) is 0. The number of nitrogen functional groups attached to an aromatic ring is 1. The summed E-state index contributed by atoms with van der Waals surface area (Å²) in [6.07, 6.45) is 4.54. The first-order chi connectivity index (χ1) is 12.4. The number of rotatable bonds is 5. The van der Waals surface area contributed by atoms with Crippen LogP contribution in [0.2, 0.25) is 0 Å². The summed E-state index contributed by atoms with van der Waals surface area (Å²) in [4.78, 5) is 10.7. The summed E-state index contributed by atoms with van der Waals surface area (Å²) in [6, 6.07) is 7.46. The van der Waals surface area contributed by atoms with Gasteiger partial charge in [0.2, 0.25) is 0 Å². The van der Waals surface area contributed by atoms with Crippen LogP contribution in [0.25, 0.3) is 0 Å². The zero-order valence-corrected chi connectivity index (χ0v) is 14.9. The Kier molecular flexibility index (Phi) is 4.03. The maximum Gasteiger partial charge on any atom is 0.132 e. The predicted octanol–water partition coefficient (Wildman–Crippen LogP) is 1.94. The van der Waals surface area contributed by atoms with E-state index < -0.39 is 0 Å². The lowest BCUT2D eigenvalue weighted by Gasteiger charge is -2.18. The standard InChI is InChI=1S/C19H24N6O/c1-19(5-6-19)26-13-2-3-15(21)14(8-13)18(22)16-9-17(24-11-23-16)25-7-4-12(20)10-25/h2-3,8-9,11-12,22H,4-7,10,20-21H2,1H3/t12-/m0/s1. The van der Waals surface area contributed by atoms with E-state index in [9.17, 15) is 0 Å². The molecule has 1 aliphatic heterocycles. The van der Waals surface area contributed by atoms with Gasteiger partial charge in [0.1, 0.15) is 23.5 Å². The van der Waals surface area contributed by atoms with E-state index >= 15 is 0 Å². The average molecular weight is 352 g/mol. The minimum Gasteiger partial charge on any atom is -0.488 e. The van der Waals surface area contributed by atoms with Crippen molar-refractivity contribution in [3.05, 3.63) is 41.9 Å². The van der Waals surface area contributed by atoms with E-state index in [1.165, 1.54) is 6.33 Å². The van der Waals surface area contributed by atoms with Gasteiger partial charge < -0.3 is 21.1 Å². The minimum absolute atomic E-state index is 0.0772. The molecule has 7 heteroatoms. The van der Waals surface area contributed by atoms with E-state index in [1.807, 2.05) is 18.2 Å².